The van der Waals surface area contributed by atoms with Crippen molar-refractivity contribution in [2.75, 3.05) is 6.54 Å². The minimum Gasteiger partial charge on any atom is -0.338 e. The lowest BCUT2D eigenvalue weighted by molar-refractivity contribution is -0.132. The van der Waals surface area contributed by atoms with E-state index >= 15 is 0 Å². The molecule has 112 valence electrons. The van der Waals surface area contributed by atoms with E-state index in [2.05, 4.69) is 35.3 Å². The van der Waals surface area contributed by atoms with E-state index in [1.54, 1.807) is 0 Å². The maximum atomic E-state index is 12.7. The summed E-state index contributed by atoms with van der Waals surface area (Å²) in [4.78, 5) is 19.1. The molecule has 2 aromatic rings. The fourth-order valence-corrected chi connectivity index (χ4v) is 3.78. The van der Waals surface area contributed by atoms with Crippen LogP contribution in [0.5, 0.6) is 0 Å². The minimum absolute atomic E-state index is 0.288. The molecule has 3 nitrogen and oxygen atoms in total. The molecular formula is C19H20N2O. The van der Waals surface area contributed by atoms with Gasteiger partial charge in [-0.25, -0.2) is 0 Å². The summed E-state index contributed by atoms with van der Waals surface area (Å²) in [6.45, 7) is 1.52. The molecule has 1 aromatic carbocycles. The van der Waals surface area contributed by atoms with Gasteiger partial charge in [0.25, 0.3) is 0 Å². The Bertz CT molecular complexity index is 710. The van der Waals surface area contributed by atoms with E-state index in [1.807, 2.05) is 17.2 Å². The largest absolute Gasteiger partial charge is 0.338 e. The Morgan fingerprint density at radius 3 is 2.95 bits per heavy atom. The number of aryl methyl sites for hydroxylation is 1. The normalized spacial score (nSPS) is 19.6. The van der Waals surface area contributed by atoms with E-state index in [0.29, 0.717) is 12.3 Å². The third kappa shape index (κ3) is 2.41. The molecule has 3 heteroatoms. The van der Waals surface area contributed by atoms with Gasteiger partial charge < -0.3 is 4.90 Å². The number of pyridine rings is 1. The van der Waals surface area contributed by atoms with Gasteiger partial charge in [-0.2, -0.15) is 0 Å². The van der Waals surface area contributed by atoms with Crippen molar-refractivity contribution in [3.63, 3.8) is 0 Å². The van der Waals surface area contributed by atoms with E-state index in [0.717, 1.165) is 38.0 Å². The average molecular weight is 292 g/mol. The van der Waals surface area contributed by atoms with Crippen LogP contribution in [0.15, 0.2) is 42.6 Å². The lowest BCUT2D eigenvalue weighted by Crippen LogP contribution is -2.36. The molecule has 4 rings (SSSR count). The van der Waals surface area contributed by atoms with Crippen molar-refractivity contribution >= 4 is 5.91 Å². The number of benzene rings is 1. The fraction of sp³-hybridized carbons (Fsp3) is 0.368. The van der Waals surface area contributed by atoms with Gasteiger partial charge in [0, 0.05) is 37.8 Å². The molecule has 1 aliphatic carbocycles. The molecular weight excluding hydrogens is 272 g/mol. The quantitative estimate of drug-likeness (QED) is 0.852. The minimum atomic E-state index is 0.288. The summed E-state index contributed by atoms with van der Waals surface area (Å²) >= 11 is 0. The van der Waals surface area contributed by atoms with Crippen molar-refractivity contribution in [3.05, 3.63) is 65.0 Å². The molecule has 2 aliphatic rings. The van der Waals surface area contributed by atoms with E-state index in [-0.39, 0.29) is 5.91 Å². The first-order valence-electron chi connectivity index (χ1n) is 8.09. The highest BCUT2D eigenvalue weighted by molar-refractivity contribution is 5.77. The van der Waals surface area contributed by atoms with Gasteiger partial charge in [-0.05, 0) is 41.5 Å². The van der Waals surface area contributed by atoms with Crippen LogP contribution in [-0.2, 0) is 24.2 Å². The van der Waals surface area contributed by atoms with Gasteiger partial charge in [-0.15, -0.1) is 0 Å². The molecule has 0 saturated heterocycles. The number of carbonyl (C=O) groups is 1. The smallest absolute Gasteiger partial charge is 0.223 e. The average Bonchev–Trinajstić information content (AvgIpc) is 2.97. The second kappa shape index (κ2) is 5.56. The SMILES string of the molecule is O=C(CC1CCc2ccccc21)N1CCc2ncccc2C1. The summed E-state index contributed by atoms with van der Waals surface area (Å²) in [7, 11) is 0. The maximum absolute atomic E-state index is 12.7. The summed E-state index contributed by atoms with van der Waals surface area (Å²) in [6, 6.07) is 12.6. The topological polar surface area (TPSA) is 33.2 Å². The third-order valence-electron chi connectivity index (χ3n) is 5.00. The number of aromatic nitrogens is 1. The third-order valence-corrected chi connectivity index (χ3v) is 5.00. The Morgan fingerprint density at radius 2 is 2.00 bits per heavy atom. The predicted octanol–water partition coefficient (Wildman–Crippen LogP) is 3.09. The molecule has 1 aliphatic heterocycles. The zero-order valence-electron chi connectivity index (χ0n) is 12.7. The Labute approximate surface area is 131 Å². The molecule has 1 unspecified atom stereocenters. The van der Waals surface area contributed by atoms with E-state index in [9.17, 15) is 4.79 Å². The number of hydrogen-bond acceptors (Lipinski definition) is 2. The van der Waals surface area contributed by atoms with Crippen LogP contribution in [-0.4, -0.2) is 22.3 Å². The van der Waals surface area contributed by atoms with Crippen LogP contribution in [0.1, 0.15) is 41.1 Å². The number of hydrogen-bond donors (Lipinski definition) is 0. The molecule has 2 heterocycles. The van der Waals surface area contributed by atoms with Crippen LogP contribution in [0.3, 0.4) is 0 Å². The molecule has 1 amide bonds. The number of fused-ring (bicyclic) bond motifs is 2. The summed E-state index contributed by atoms with van der Waals surface area (Å²) in [5.41, 5.74) is 5.16. The molecule has 0 radical (unpaired) electrons. The predicted molar refractivity (Wildman–Crippen MR) is 85.5 cm³/mol. The molecule has 1 atom stereocenters. The lowest BCUT2D eigenvalue weighted by atomic mass is 9.96. The first kappa shape index (κ1) is 13.5. The van der Waals surface area contributed by atoms with Crippen LogP contribution in [0.2, 0.25) is 0 Å². The standard InChI is InChI=1S/C19H20N2O/c22-19(12-15-8-7-14-4-1-2-6-17(14)15)21-11-9-18-16(13-21)5-3-10-20-18/h1-6,10,15H,7-9,11-13H2. The molecule has 1 aromatic heterocycles. The number of nitrogens with zero attached hydrogens (tertiary/aromatic N) is 2. The van der Waals surface area contributed by atoms with Crippen molar-refractivity contribution < 1.29 is 4.79 Å². The Kier molecular flexibility index (Phi) is 3.41. The summed E-state index contributed by atoms with van der Waals surface area (Å²) in [5, 5.41) is 0. The molecule has 0 N–H and O–H groups in total. The summed E-state index contributed by atoms with van der Waals surface area (Å²) in [6.07, 6.45) is 5.58. The zero-order chi connectivity index (χ0) is 14.9. The number of carbonyl (C=O) groups excluding carboxylic acids is 1. The Balaban J connectivity index is 1.46. The summed E-state index contributed by atoms with van der Waals surface area (Å²) in [5.74, 6) is 0.690. The van der Waals surface area contributed by atoms with Crippen LogP contribution < -0.4 is 0 Å². The fourth-order valence-electron chi connectivity index (χ4n) is 3.78. The first-order chi connectivity index (χ1) is 10.8. The van der Waals surface area contributed by atoms with Crippen molar-refractivity contribution in [1.29, 1.82) is 0 Å². The second-order valence-electron chi connectivity index (χ2n) is 6.31. The molecule has 0 saturated carbocycles. The van der Waals surface area contributed by atoms with Crippen molar-refractivity contribution in [3.8, 4) is 0 Å². The summed E-state index contributed by atoms with van der Waals surface area (Å²) < 4.78 is 0. The van der Waals surface area contributed by atoms with E-state index in [4.69, 9.17) is 0 Å². The maximum Gasteiger partial charge on any atom is 0.223 e. The van der Waals surface area contributed by atoms with Crippen LogP contribution in [0.4, 0.5) is 0 Å². The van der Waals surface area contributed by atoms with Gasteiger partial charge in [0.05, 0.1) is 0 Å². The van der Waals surface area contributed by atoms with Gasteiger partial charge >= 0.3 is 0 Å². The highest BCUT2D eigenvalue weighted by Crippen LogP contribution is 2.35. The van der Waals surface area contributed by atoms with Crippen molar-refractivity contribution in [1.82, 2.24) is 9.88 Å². The Hall–Kier alpha value is -2.16. The Morgan fingerprint density at radius 1 is 1.14 bits per heavy atom. The molecule has 22 heavy (non-hydrogen) atoms. The van der Waals surface area contributed by atoms with Gasteiger partial charge in [0.15, 0.2) is 0 Å². The van der Waals surface area contributed by atoms with Crippen molar-refractivity contribution in [2.45, 2.75) is 38.1 Å². The molecule has 0 fully saturated rings. The van der Waals surface area contributed by atoms with Crippen LogP contribution in [0, 0.1) is 0 Å². The van der Waals surface area contributed by atoms with E-state index in [1.165, 1.54) is 16.7 Å². The van der Waals surface area contributed by atoms with Gasteiger partial charge in [0.2, 0.25) is 5.91 Å². The monoisotopic (exact) mass is 292 g/mol. The van der Waals surface area contributed by atoms with E-state index < -0.39 is 0 Å². The number of amides is 1. The first-order valence-corrected chi connectivity index (χ1v) is 8.09. The second-order valence-corrected chi connectivity index (χ2v) is 6.31. The lowest BCUT2D eigenvalue weighted by Gasteiger charge is -2.29. The van der Waals surface area contributed by atoms with Crippen LogP contribution >= 0.6 is 0 Å². The zero-order valence-corrected chi connectivity index (χ0v) is 12.7. The highest BCUT2D eigenvalue weighted by Gasteiger charge is 2.28. The van der Waals surface area contributed by atoms with Crippen molar-refractivity contribution in [2.24, 2.45) is 0 Å². The molecule has 0 spiro atoms. The highest BCUT2D eigenvalue weighted by atomic mass is 16.2. The van der Waals surface area contributed by atoms with Gasteiger partial charge in [-0.1, -0.05) is 30.3 Å². The number of rotatable bonds is 2. The van der Waals surface area contributed by atoms with Gasteiger partial charge in [0.1, 0.15) is 0 Å². The van der Waals surface area contributed by atoms with Crippen LogP contribution in [0.25, 0.3) is 0 Å². The van der Waals surface area contributed by atoms with Gasteiger partial charge in [-0.3, -0.25) is 9.78 Å². The molecule has 0 bridgehead atoms.